The number of sulfonamides is 1. The van der Waals surface area contributed by atoms with E-state index in [0.717, 1.165) is 38.1 Å². The molecule has 0 spiro atoms. The standard InChI is InChI=1S/C18H21ClN4O5S2/c1-29(25,26)18-20-12-15(19)16(22-18)17(24)21-13-6-8-14(9-7-13)30(27,28)23-10-4-2-3-5-11-23/h6-9,12H,2-5,10-11H2,1H3,(H,21,24). The van der Waals surface area contributed by atoms with E-state index in [0.29, 0.717) is 18.8 Å². The summed E-state index contributed by atoms with van der Waals surface area (Å²) in [7, 11) is -7.32. The predicted molar refractivity (Wildman–Crippen MR) is 112 cm³/mol. The van der Waals surface area contributed by atoms with Crippen LogP contribution in [0.25, 0.3) is 0 Å². The molecule has 1 N–H and O–H groups in total. The third-order valence-corrected chi connectivity index (χ3v) is 7.63. The molecule has 1 aromatic carbocycles. The van der Waals surface area contributed by atoms with Crippen LogP contribution in [-0.4, -0.2) is 56.4 Å². The van der Waals surface area contributed by atoms with Gasteiger partial charge in [-0.05, 0) is 37.1 Å². The molecule has 1 aromatic heterocycles. The molecule has 3 rings (SSSR count). The van der Waals surface area contributed by atoms with Crippen LogP contribution in [0.5, 0.6) is 0 Å². The van der Waals surface area contributed by atoms with Crippen LogP contribution in [0.15, 0.2) is 40.5 Å². The summed E-state index contributed by atoms with van der Waals surface area (Å²) in [6.45, 7) is 0.991. The van der Waals surface area contributed by atoms with Gasteiger partial charge in [-0.3, -0.25) is 4.79 Å². The van der Waals surface area contributed by atoms with Gasteiger partial charge in [0.15, 0.2) is 5.69 Å². The lowest BCUT2D eigenvalue weighted by atomic mass is 10.2. The van der Waals surface area contributed by atoms with Gasteiger partial charge in [0.1, 0.15) is 0 Å². The summed E-state index contributed by atoms with van der Waals surface area (Å²) in [5.74, 6) is -0.740. The number of nitrogens with one attached hydrogen (secondary N) is 1. The zero-order valence-corrected chi connectivity index (χ0v) is 18.6. The Bertz CT molecular complexity index is 1140. The number of carbonyl (C=O) groups excluding carboxylic acids is 1. The number of hydrogen-bond acceptors (Lipinski definition) is 7. The summed E-state index contributed by atoms with van der Waals surface area (Å²) < 4.78 is 50.3. The van der Waals surface area contributed by atoms with E-state index in [-0.39, 0.29) is 15.6 Å². The van der Waals surface area contributed by atoms with Crippen molar-refractivity contribution in [3.8, 4) is 0 Å². The van der Waals surface area contributed by atoms with Crippen molar-refractivity contribution in [2.75, 3.05) is 24.7 Å². The molecule has 2 aromatic rings. The highest BCUT2D eigenvalue weighted by atomic mass is 35.5. The van der Waals surface area contributed by atoms with Gasteiger partial charge in [-0.1, -0.05) is 24.4 Å². The van der Waals surface area contributed by atoms with Crippen LogP contribution in [0.3, 0.4) is 0 Å². The molecular weight excluding hydrogens is 452 g/mol. The van der Waals surface area contributed by atoms with E-state index in [1.165, 1.54) is 28.6 Å². The van der Waals surface area contributed by atoms with Crippen LogP contribution in [-0.2, 0) is 19.9 Å². The normalized spacial score (nSPS) is 16.1. The predicted octanol–water partition coefficient (Wildman–Crippen LogP) is 2.35. The SMILES string of the molecule is CS(=O)(=O)c1ncc(Cl)c(C(=O)Nc2ccc(S(=O)(=O)N3CCCCCC3)cc2)n1. The third kappa shape index (κ3) is 5.15. The minimum Gasteiger partial charge on any atom is -0.321 e. The average molecular weight is 473 g/mol. The van der Waals surface area contributed by atoms with Gasteiger partial charge >= 0.3 is 0 Å². The van der Waals surface area contributed by atoms with Crippen molar-refractivity contribution in [1.82, 2.24) is 14.3 Å². The second-order valence-electron chi connectivity index (χ2n) is 6.92. The topological polar surface area (TPSA) is 126 Å². The number of carbonyl (C=O) groups is 1. The fourth-order valence-electron chi connectivity index (χ4n) is 3.02. The molecule has 0 aliphatic carbocycles. The van der Waals surface area contributed by atoms with Crippen molar-refractivity contribution in [2.24, 2.45) is 0 Å². The highest BCUT2D eigenvalue weighted by Crippen LogP contribution is 2.22. The highest BCUT2D eigenvalue weighted by Gasteiger charge is 2.25. The summed E-state index contributed by atoms with van der Waals surface area (Å²) in [5.41, 5.74) is 0.0127. The van der Waals surface area contributed by atoms with E-state index < -0.39 is 30.9 Å². The number of halogens is 1. The van der Waals surface area contributed by atoms with Crippen LogP contribution in [0.4, 0.5) is 5.69 Å². The zero-order chi connectivity index (χ0) is 21.9. The van der Waals surface area contributed by atoms with Crippen molar-refractivity contribution < 1.29 is 21.6 Å². The number of sulfone groups is 1. The Morgan fingerprint density at radius 3 is 2.20 bits per heavy atom. The van der Waals surface area contributed by atoms with Gasteiger partial charge in [0.2, 0.25) is 25.0 Å². The average Bonchev–Trinajstić information content (AvgIpc) is 2.98. The van der Waals surface area contributed by atoms with Crippen molar-refractivity contribution in [1.29, 1.82) is 0 Å². The Hall–Kier alpha value is -2.08. The third-order valence-electron chi connectivity index (χ3n) is 4.58. The molecule has 162 valence electrons. The first-order valence-corrected chi connectivity index (χ1v) is 12.9. The fourth-order valence-corrected chi connectivity index (χ4v) is 5.22. The van der Waals surface area contributed by atoms with E-state index in [2.05, 4.69) is 15.3 Å². The minimum absolute atomic E-state index is 0.111. The van der Waals surface area contributed by atoms with Gasteiger partial charge in [0.25, 0.3) is 5.91 Å². The summed E-state index contributed by atoms with van der Waals surface area (Å²) in [4.78, 5) is 19.9. The molecule has 0 atom stereocenters. The van der Waals surface area contributed by atoms with Crippen molar-refractivity contribution in [2.45, 2.75) is 35.7 Å². The van der Waals surface area contributed by atoms with E-state index in [1.807, 2.05) is 0 Å². The van der Waals surface area contributed by atoms with Crippen LogP contribution < -0.4 is 5.32 Å². The van der Waals surface area contributed by atoms with Crippen LogP contribution in [0.2, 0.25) is 5.02 Å². The van der Waals surface area contributed by atoms with E-state index in [9.17, 15) is 21.6 Å². The maximum Gasteiger partial charge on any atom is 0.275 e. The number of rotatable bonds is 5. The van der Waals surface area contributed by atoms with E-state index in [4.69, 9.17) is 11.6 Å². The molecule has 0 unspecified atom stereocenters. The van der Waals surface area contributed by atoms with E-state index >= 15 is 0 Å². The minimum atomic E-state index is -3.72. The lowest BCUT2D eigenvalue weighted by molar-refractivity contribution is 0.102. The number of nitrogens with zero attached hydrogens (tertiary/aromatic N) is 3. The first-order chi connectivity index (χ1) is 14.1. The molecule has 9 nitrogen and oxygen atoms in total. The van der Waals surface area contributed by atoms with Crippen molar-refractivity contribution in [3.63, 3.8) is 0 Å². The lowest BCUT2D eigenvalue weighted by Gasteiger charge is -2.20. The molecule has 1 aliphatic heterocycles. The molecule has 0 saturated carbocycles. The van der Waals surface area contributed by atoms with Gasteiger partial charge in [0.05, 0.1) is 16.1 Å². The molecule has 30 heavy (non-hydrogen) atoms. The van der Waals surface area contributed by atoms with Gasteiger partial charge in [-0.15, -0.1) is 0 Å². The molecule has 2 heterocycles. The summed E-state index contributed by atoms with van der Waals surface area (Å²) in [6.07, 6.45) is 5.66. The van der Waals surface area contributed by atoms with Crippen LogP contribution >= 0.6 is 11.6 Å². The van der Waals surface area contributed by atoms with Gasteiger partial charge in [-0.2, -0.15) is 4.31 Å². The summed E-state index contributed by atoms with van der Waals surface area (Å²) >= 11 is 5.93. The molecule has 1 saturated heterocycles. The van der Waals surface area contributed by atoms with Crippen molar-refractivity contribution >= 4 is 43.1 Å². The molecular formula is C18H21ClN4O5S2. The Balaban J connectivity index is 1.78. The van der Waals surface area contributed by atoms with Crippen LogP contribution in [0.1, 0.15) is 36.2 Å². The Morgan fingerprint density at radius 1 is 1.03 bits per heavy atom. The van der Waals surface area contributed by atoms with Gasteiger partial charge < -0.3 is 5.32 Å². The summed E-state index contributed by atoms with van der Waals surface area (Å²) in [6, 6.07) is 5.74. The Morgan fingerprint density at radius 2 is 1.63 bits per heavy atom. The quantitative estimate of drug-likeness (QED) is 0.661. The molecule has 1 aliphatic rings. The number of benzene rings is 1. The largest absolute Gasteiger partial charge is 0.321 e. The fraction of sp³-hybridized carbons (Fsp3) is 0.389. The number of anilines is 1. The lowest BCUT2D eigenvalue weighted by Crippen LogP contribution is -2.31. The second kappa shape index (κ2) is 8.96. The van der Waals surface area contributed by atoms with Crippen molar-refractivity contribution in [3.05, 3.63) is 41.2 Å². The molecule has 0 radical (unpaired) electrons. The molecule has 12 heteroatoms. The molecule has 1 amide bonds. The monoisotopic (exact) mass is 472 g/mol. The van der Waals surface area contributed by atoms with Gasteiger partial charge in [0, 0.05) is 25.0 Å². The second-order valence-corrected chi connectivity index (χ2v) is 11.2. The summed E-state index contributed by atoms with van der Waals surface area (Å²) in [5, 5.41) is 1.90. The molecule has 1 fully saturated rings. The maximum atomic E-state index is 12.8. The van der Waals surface area contributed by atoms with Crippen LogP contribution in [0, 0.1) is 0 Å². The number of aromatic nitrogens is 2. The highest BCUT2D eigenvalue weighted by molar-refractivity contribution is 7.90. The Labute approximate surface area is 180 Å². The molecule has 0 bridgehead atoms. The first-order valence-electron chi connectivity index (χ1n) is 9.23. The maximum absolute atomic E-state index is 12.8. The number of amides is 1. The zero-order valence-electron chi connectivity index (χ0n) is 16.2. The van der Waals surface area contributed by atoms with E-state index in [1.54, 1.807) is 0 Å². The first kappa shape index (κ1) is 22.6. The van der Waals surface area contributed by atoms with Gasteiger partial charge in [-0.25, -0.2) is 26.8 Å². The number of hydrogen-bond donors (Lipinski definition) is 1. The Kier molecular flexibility index (Phi) is 6.75. The smallest absolute Gasteiger partial charge is 0.275 e.